The van der Waals surface area contributed by atoms with Crippen molar-refractivity contribution in [3.05, 3.63) is 33.8 Å². The molecular formula is C13H16BrN. The normalized spacial score (nSPS) is 30.0. The molecule has 3 rings (SSSR count). The van der Waals surface area contributed by atoms with Gasteiger partial charge in [0, 0.05) is 16.4 Å². The van der Waals surface area contributed by atoms with Gasteiger partial charge >= 0.3 is 0 Å². The van der Waals surface area contributed by atoms with Gasteiger partial charge in [-0.3, -0.25) is 0 Å². The van der Waals surface area contributed by atoms with Gasteiger partial charge in [0.25, 0.3) is 0 Å². The zero-order chi connectivity index (χ0) is 10.5. The molecule has 1 nitrogen and oxygen atoms in total. The minimum Gasteiger partial charge on any atom is -0.305 e. The molecule has 2 heteroatoms. The van der Waals surface area contributed by atoms with Crippen LogP contribution in [0.5, 0.6) is 0 Å². The van der Waals surface area contributed by atoms with Crippen molar-refractivity contribution in [3.63, 3.8) is 0 Å². The van der Waals surface area contributed by atoms with Gasteiger partial charge in [0.2, 0.25) is 0 Å². The molecule has 0 radical (unpaired) electrons. The largest absolute Gasteiger partial charge is 0.305 e. The number of halogens is 1. The first-order chi connectivity index (χ1) is 7.20. The standard InChI is InChI=1S/C13H16BrN/c1-15-7-6-13(9-15)5-4-10-8-11(14)2-3-12(10)13/h2-3,8H,4-7,9H2,1H3. The van der Waals surface area contributed by atoms with Gasteiger partial charge in [-0.1, -0.05) is 22.0 Å². The zero-order valence-electron chi connectivity index (χ0n) is 9.09. The van der Waals surface area contributed by atoms with Gasteiger partial charge in [-0.05, 0) is 56.1 Å². The third-order valence-electron chi connectivity index (χ3n) is 4.06. The van der Waals surface area contributed by atoms with Crippen LogP contribution in [-0.4, -0.2) is 25.0 Å². The van der Waals surface area contributed by atoms with Gasteiger partial charge in [-0.2, -0.15) is 0 Å². The number of aryl methyl sites for hydroxylation is 1. The predicted octanol–water partition coefficient (Wildman–Crippen LogP) is 2.97. The molecule has 1 saturated heterocycles. The molecule has 0 amide bonds. The van der Waals surface area contributed by atoms with Crippen molar-refractivity contribution in [2.75, 3.05) is 20.1 Å². The molecule has 1 fully saturated rings. The Balaban J connectivity index is 2.04. The summed E-state index contributed by atoms with van der Waals surface area (Å²) in [6, 6.07) is 6.85. The van der Waals surface area contributed by atoms with E-state index in [0.29, 0.717) is 5.41 Å². The third kappa shape index (κ3) is 1.46. The lowest BCUT2D eigenvalue weighted by atomic mass is 9.81. The maximum Gasteiger partial charge on any atom is 0.0178 e. The van der Waals surface area contributed by atoms with Crippen molar-refractivity contribution in [3.8, 4) is 0 Å². The van der Waals surface area contributed by atoms with Crippen LogP contribution in [0.3, 0.4) is 0 Å². The molecule has 1 aromatic rings. The molecule has 1 atom stereocenters. The fraction of sp³-hybridized carbons (Fsp3) is 0.538. The Labute approximate surface area is 99.6 Å². The van der Waals surface area contributed by atoms with Crippen molar-refractivity contribution in [2.45, 2.75) is 24.7 Å². The number of nitrogens with zero attached hydrogens (tertiary/aromatic N) is 1. The van der Waals surface area contributed by atoms with Crippen LogP contribution in [0.2, 0.25) is 0 Å². The van der Waals surface area contributed by atoms with E-state index in [-0.39, 0.29) is 0 Å². The fourth-order valence-electron chi connectivity index (χ4n) is 3.30. The average Bonchev–Trinajstić information content (AvgIpc) is 2.73. The molecule has 1 unspecified atom stereocenters. The molecule has 1 heterocycles. The van der Waals surface area contributed by atoms with Crippen molar-refractivity contribution < 1.29 is 0 Å². The number of likely N-dealkylation sites (tertiary alicyclic amines) is 1. The number of likely N-dealkylation sites (N-methyl/N-ethyl adjacent to an activating group) is 1. The van der Waals surface area contributed by atoms with E-state index in [1.807, 2.05) is 0 Å². The van der Waals surface area contributed by atoms with E-state index >= 15 is 0 Å². The summed E-state index contributed by atoms with van der Waals surface area (Å²) in [5.74, 6) is 0. The molecule has 0 aromatic heterocycles. The molecule has 1 aliphatic carbocycles. The molecule has 1 aliphatic heterocycles. The van der Waals surface area contributed by atoms with Gasteiger partial charge in [-0.25, -0.2) is 0 Å². The lowest BCUT2D eigenvalue weighted by molar-refractivity contribution is 0.366. The van der Waals surface area contributed by atoms with Crippen LogP contribution in [0.25, 0.3) is 0 Å². The summed E-state index contributed by atoms with van der Waals surface area (Å²) in [5.41, 5.74) is 3.68. The average molecular weight is 266 g/mol. The minimum absolute atomic E-state index is 0.491. The van der Waals surface area contributed by atoms with Gasteiger partial charge in [0.05, 0.1) is 0 Å². The van der Waals surface area contributed by atoms with Crippen molar-refractivity contribution in [1.29, 1.82) is 0 Å². The highest BCUT2D eigenvalue weighted by molar-refractivity contribution is 9.10. The van der Waals surface area contributed by atoms with E-state index in [1.54, 1.807) is 11.1 Å². The predicted molar refractivity (Wildman–Crippen MR) is 66.3 cm³/mol. The quantitative estimate of drug-likeness (QED) is 0.697. The van der Waals surface area contributed by atoms with E-state index in [9.17, 15) is 0 Å². The van der Waals surface area contributed by atoms with Crippen molar-refractivity contribution >= 4 is 15.9 Å². The molecular weight excluding hydrogens is 250 g/mol. The fourth-order valence-corrected chi connectivity index (χ4v) is 3.71. The minimum atomic E-state index is 0.491. The first-order valence-electron chi connectivity index (χ1n) is 5.67. The Hall–Kier alpha value is -0.340. The van der Waals surface area contributed by atoms with E-state index in [2.05, 4.69) is 46.1 Å². The van der Waals surface area contributed by atoms with E-state index in [1.165, 1.54) is 36.8 Å². The highest BCUT2D eigenvalue weighted by Crippen LogP contribution is 2.45. The molecule has 0 bridgehead atoms. The maximum absolute atomic E-state index is 3.56. The summed E-state index contributed by atoms with van der Waals surface area (Å²) in [7, 11) is 2.24. The highest BCUT2D eigenvalue weighted by atomic mass is 79.9. The van der Waals surface area contributed by atoms with Gasteiger partial charge in [0.1, 0.15) is 0 Å². The lowest BCUT2D eigenvalue weighted by Crippen LogP contribution is -2.26. The van der Waals surface area contributed by atoms with Crippen LogP contribution in [0.15, 0.2) is 22.7 Å². The summed E-state index contributed by atoms with van der Waals surface area (Å²) >= 11 is 3.56. The van der Waals surface area contributed by atoms with Crippen LogP contribution in [0.1, 0.15) is 24.0 Å². The molecule has 0 saturated carbocycles. The summed E-state index contributed by atoms with van der Waals surface area (Å²) in [6.07, 6.45) is 3.96. The van der Waals surface area contributed by atoms with Gasteiger partial charge in [-0.15, -0.1) is 0 Å². The second kappa shape index (κ2) is 3.33. The molecule has 1 aromatic carbocycles. The lowest BCUT2D eigenvalue weighted by Gasteiger charge is -2.24. The first-order valence-corrected chi connectivity index (χ1v) is 6.46. The van der Waals surface area contributed by atoms with E-state index in [0.717, 1.165) is 0 Å². The number of benzene rings is 1. The van der Waals surface area contributed by atoms with Crippen molar-refractivity contribution in [2.24, 2.45) is 0 Å². The maximum atomic E-state index is 3.56. The summed E-state index contributed by atoms with van der Waals surface area (Å²) < 4.78 is 1.23. The first kappa shape index (κ1) is 9.86. The van der Waals surface area contributed by atoms with E-state index in [4.69, 9.17) is 0 Å². The molecule has 0 N–H and O–H groups in total. The summed E-state index contributed by atoms with van der Waals surface area (Å²) in [6.45, 7) is 2.51. The van der Waals surface area contributed by atoms with Crippen LogP contribution in [0.4, 0.5) is 0 Å². The zero-order valence-corrected chi connectivity index (χ0v) is 10.7. The number of hydrogen-bond acceptors (Lipinski definition) is 1. The SMILES string of the molecule is CN1CCC2(CCc3cc(Br)ccc32)C1. The number of rotatable bonds is 0. The van der Waals surface area contributed by atoms with Crippen LogP contribution in [0, 0.1) is 0 Å². The van der Waals surface area contributed by atoms with Crippen LogP contribution >= 0.6 is 15.9 Å². The molecule has 1 spiro atoms. The van der Waals surface area contributed by atoms with Gasteiger partial charge < -0.3 is 4.90 Å². The Morgan fingerprint density at radius 3 is 2.93 bits per heavy atom. The second-order valence-corrected chi connectivity index (χ2v) is 5.99. The van der Waals surface area contributed by atoms with Crippen LogP contribution < -0.4 is 0 Å². The Bertz CT molecular complexity index is 402. The van der Waals surface area contributed by atoms with E-state index < -0.39 is 0 Å². The molecule has 2 aliphatic rings. The topological polar surface area (TPSA) is 3.24 Å². The number of fused-ring (bicyclic) bond motifs is 2. The summed E-state index contributed by atoms with van der Waals surface area (Å²) in [4.78, 5) is 2.47. The summed E-state index contributed by atoms with van der Waals surface area (Å²) in [5, 5.41) is 0. The highest BCUT2D eigenvalue weighted by Gasteiger charge is 2.42. The van der Waals surface area contributed by atoms with Gasteiger partial charge in [0.15, 0.2) is 0 Å². The molecule has 15 heavy (non-hydrogen) atoms. The smallest absolute Gasteiger partial charge is 0.0178 e. The Kier molecular flexibility index (Phi) is 2.18. The second-order valence-electron chi connectivity index (χ2n) is 5.07. The Morgan fingerprint density at radius 1 is 1.33 bits per heavy atom. The van der Waals surface area contributed by atoms with Crippen LogP contribution in [-0.2, 0) is 11.8 Å². The number of hydrogen-bond donors (Lipinski definition) is 0. The third-order valence-corrected chi connectivity index (χ3v) is 4.55. The van der Waals surface area contributed by atoms with Crippen molar-refractivity contribution in [1.82, 2.24) is 4.90 Å². The molecule has 80 valence electrons. The Morgan fingerprint density at radius 2 is 2.20 bits per heavy atom. The monoisotopic (exact) mass is 265 g/mol.